The number of hydrogen-bond acceptors (Lipinski definition) is 7. The Morgan fingerprint density at radius 1 is 1.00 bits per heavy atom. The van der Waals surface area contributed by atoms with Gasteiger partial charge in [0.15, 0.2) is 5.79 Å². The number of nitrogens with zero attached hydrogens (tertiary/aromatic N) is 1. The minimum absolute atomic E-state index is 0.0173. The molecule has 35 heavy (non-hydrogen) atoms. The first-order chi connectivity index (χ1) is 17.0. The molecule has 0 unspecified atom stereocenters. The molecule has 7 nitrogen and oxygen atoms in total. The molecule has 0 aliphatic carbocycles. The molecule has 2 bridgehead atoms. The second-order valence-corrected chi connectivity index (χ2v) is 10.9. The summed E-state index contributed by atoms with van der Waals surface area (Å²) in [6, 6.07) is 7.49. The molecule has 3 aliphatic heterocycles. The van der Waals surface area contributed by atoms with Crippen molar-refractivity contribution < 1.29 is 28.5 Å². The fourth-order valence-corrected chi connectivity index (χ4v) is 6.60. The van der Waals surface area contributed by atoms with E-state index in [9.17, 15) is 9.59 Å². The number of ether oxygens (including phenoxy) is 4. The summed E-state index contributed by atoms with van der Waals surface area (Å²) in [6.45, 7) is 0.462. The zero-order valence-corrected chi connectivity index (χ0v) is 21.9. The summed E-state index contributed by atoms with van der Waals surface area (Å²) in [7, 11) is 3.29. The quantitative estimate of drug-likeness (QED) is 0.476. The molecule has 3 fully saturated rings. The van der Waals surface area contributed by atoms with Gasteiger partial charge in [0, 0.05) is 38.7 Å². The van der Waals surface area contributed by atoms with Gasteiger partial charge in [-0.1, -0.05) is 62.4 Å². The molecule has 1 aromatic rings. The predicted octanol–water partition coefficient (Wildman–Crippen LogP) is 5.69. The van der Waals surface area contributed by atoms with Crippen LogP contribution < -0.4 is 4.74 Å². The van der Waals surface area contributed by atoms with E-state index in [4.69, 9.17) is 18.9 Å². The molecule has 3 heterocycles. The minimum atomic E-state index is -1.00. The topological polar surface area (TPSA) is 74.3 Å². The van der Waals surface area contributed by atoms with E-state index in [-0.39, 0.29) is 29.5 Å². The highest BCUT2D eigenvalue weighted by Gasteiger charge is 2.54. The number of hydrogen-bond donors (Lipinski definition) is 0. The second-order valence-electron chi connectivity index (χ2n) is 9.89. The first-order valence-electron chi connectivity index (χ1n) is 13.0. The molecule has 4 rings (SSSR count). The molecular weight excluding hydrogens is 466 g/mol. The number of amides is 1. The van der Waals surface area contributed by atoms with Crippen LogP contribution in [-0.2, 0) is 25.5 Å². The van der Waals surface area contributed by atoms with Crippen LogP contribution in [0.5, 0.6) is 5.75 Å². The largest absolute Gasteiger partial charge is 0.497 e. The molecule has 4 atom stereocenters. The van der Waals surface area contributed by atoms with Gasteiger partial charge in [0.05, 0.1) is 19.3 Å². The van der Waals surface area contributed by atoms with Crippen molar-refractivity contribution in [2.75, 3.05) is 20.0 Å². The van der Waals surface area contributed by atoms with Crippen molar-refractivity contribution >= 4 is 23.0 Å². The number of esters is 1. The summed E-state index contributed by atoms with van der Waals surface area (Å²) < 4.78 is 24.0. The van der Waals surface area contributed by atoms with Gasteiger partial charge in [0.25, 0.3) is 5.24 Å². The number of carbonyl (C=O) groups excluding carboxylic acids is 2. The number of benzene rings is 1. The van der Waals surface area contributed by atoms with Gasteiger partial charge in [0.2, 0.25) is 0 Å². The van der Waals surface area contributed by atoms with E-state index in [0.717, 1.165) is 37.0 Å². The number of carbonyl (C=O) groups is 2. The van der Waals surface area contributed by atoms with Crippen molar-refractivity contribution in [3.8, 4) is 5.75 Å². The van der Waals surface area contributed by atoms with Gasteiger partial charge in [-0.15, -0.1) is 0 Å². The van der Waals surface area contributed by atoms with Gasteiger partial charge >= 0.3 is 5.97 Å². The summed E-state index contributed by atoms with van der Waals surface area (Å²) in [5.74, 6) is 0.223. The van der Waals surface area contributed by atoms with E-state index in [1.54, 1.807) is 14.2 Å². The molecule has 0 spiro atoms. The summed E-state index contributed by atoms with van der Waals surface area (Å²) in [4.78, 5) is 27.4. The molecule has 194 valence electrons. The molecule has 8 heteroatoms. The normalized spacial score (nSPS) is 31.0. The number of thioether (sulfide) groups is 1. The monoisotopic (exact) mass is 505 g/mol. The van der Waals surface area contributed by atoms with Crippen LogP contribution in [0, 0.1) is 0 Å². The van der Waals surface area contributed by atoms with Crippen LogP contribution in [0.2, 0.25) is 0 Å². The molecular formula is C27H39NO6S. The van der Waals surface area contributed by atoms with E-state index in [0.29, 0.717) is 31.6 Å². The van der Waals surface area contributed by atoms with E-state index >= 15 is 0 Å². The second kappa shape index (κ2) is 12.5. The standard InChI is InChI=1S/C27H39NO6S/c1-31-21-14-12-20(13-15-21)18-28-24(19-35-26(28)30)27(32-2)17-23-16-22(34-27)10-8-6-4-3-5-7-9-11-25(29)33-23/h12-15,22-24H,3-11,16-19H2,1-2H3/t22-,23-,24+,27-/m1/s1. The van der Waals surface area contributed by atoms with Crippen LogP contribution in [0.1, 0.15) is 76.2 Å². The Morgan fingerprint density at radius 3 is 2.43 bits per heavy atom. The van der Waals surface area contributed by atoms with Gasteiger partial charge in [-0.3, -0.25) is 9.59 Å². The molecule has 1 amide bonds. The number of rotatable bonds is 5. The minimum Gasteiger partial charge on any atom is -0.497 e. The van der Waals surface area contributed by atoms with Crippen LogP contribution >= 0.6 is 11.8 Å². The Hall–Kier alpha value is -1.77. The summed E-state index contributed by atoms with van der Waals surface area (Å²) in [6.07, 6.45) is 10.00. The number of methoxy groups -OCH3 is 2. The lowest BCUT2D eigenvalue weighted by atomic mass is 9.90. The first kappa shape index (κ1) is 26.3. The van der Waals surface area contributed by atoms with E-state index in [1.165, 1.54) is 37.4 Å². The first-order valence-corrected chi connectivity index (χ1v) is 14.0. The zero-order chi connectivity index (χ0) is 24.7. The third kappa shape index (κ3) is 6.71. The highest BCUT2D eigenvalue weighted by molar-refractivity contribution is 8.13. The maximum absolute atomic E-state index is 13.0. The zero-order valence-electron chi connectivity index (χ0n) is 21.0. The molecule has 0 N–H and O–H groups in total. The lowest BCUT2D eigenvalue weighted by Gasteiger charge is -2.48. The van der Waals surface area contributed by atoms with Crippen molar-refractivity contribution in [1.29, 1.82) is 0 Å². The Morgan fingerprint density at radius 2 is 1.71 bits per heavy atom. The van der Waals surface area contributed by atoms with Crippen LogP contribution in [0.3, 0.4) is 0 Å². The molecule has 0 saturated carbocycles. The van der Waals surface area contributed by atoms with Gasteiger partial charge in [0.1, 0.15) is 11.9 Å². The maximum atomic E-state index is 13.0. The average Bonchev–Trinajstić information content (AvgIpc) is 3.23. The fraction of sp³-hybridized carbons (Fsp3) is 0.704. The molecule has 0 radical (unpaired) electrons. The summed E-state index contributed by atoms with van der Waals surface area (Å²) in [5.41, 5.74) is 1.02. The van der Waals surface area contributed by atoms with Gasteiger partial charge in [-0.25, -0.2) is 0 Å². The van der Waals surface area contributed by atoms with Crippen molar-refractivity contribution in [3.63, 3.8) is 0 Å². The third-order valence-electron chi connectivity index (χ3n) is 7.45. The maximum Gasteiger partial charge on any atom is 0.306 e. The van der Waals surface area contributed by atoms with Gasteiger partial charge in [-0.2, -0.15) is 0 Å². The highest BCUT2D eigenvalue weighted by Crippen LogP contribution is 2.43. The van der Waals surface area contributed by atoms with Crippen molar-refractivity contribution in [2.45, 2.75) is 101 Å². The smallest absolute Gasteiger partial charge is 0.306 e. The van der Waals surface area contributed by atoms with Crippen molar-refractivity contribution in [3.05, 3.63) is 29.8 Å². The Balaban J connectivity index is 1.54. The Kier molecular flexibility index (Phi) is 9.36. The molecule has 0 aromatic heterocycles. The van der Waals surface area contributed by atoms with Crippen LogP contribution in [0.4, 0.5) is 4.79 Å². The lowest BCUT2D eigenvalue weighted by Crippen LogP contribution is -2.60. The van der Waals surface area contributed by atoms with Gasteiger partial charge < -0.3 is 23.8 Å². The SMILES string of the molecule is COc1ccc(CN2C(=O)SC[C@H]2[C@@]2(OC)C[C@H]3C[C@@H](CCCCCCCCCC(=O)O3)O2)cc1. The molecule has 3 saturated heterocycles. The Labute approximate surface area is 213 Å². The van der Waals surface area contributed by atoms with Crippen LogP contribution in [0.25, 0.3) is 0 Å². The summed E-state index contributed by atoms with van der Waals surface area (Å²) in [5, 5.41) is 0.0173. The van der Waals surface area contributed by atoms with Gasteiger partial charge in [-0.05, 0) is 30.5 Å². The molecule has 3 aliphatic rings. The average molecular weight is 506 g/mol. The predicted molar refractivity (Wildman–Crippen MR) is 135 cm³/mol. The van der Waals surface area contributed by atoms with Crippen LogP contribution in [-0.4, -0.2) is 60.1 Å². The van der Waals surface area contributed by atoms with Crippen LogP contribution in [0.15, 0.2) is 24.3 Å². The highest BCUT2D eigenvalue weighted by atomic mass is 32.2. The third-order valence-corrected chi connectivity index (χ3v) is 8.41. The van der Waals surface area contributed by atoms with Crippen molar-refractivity contribution in [1.82, 2.24) is 4.90 Å². The Bertz CT molecular complexity index is 849. The van der Waals surface area contributed by atoms with E-state index < -0.39 is 5.79 Å². The van der Waals surface area contributed by atoms with E-state index in [2.05, 4.69) is 0 Å². The lowest BCUT2D eigenvalue weighted by molar-refractivity contribution is -0.306. The summed E-state index contributed by atoms with van der Waals surface area (Å²) >= 11 is 1.30. The van der Waals surface area contributed by atoms with Crippen molar-refractivity contribution in [2.24, 2.45) is 0 Å². The fourth-order valence-electron chi connectivity index (χ4n) is 5.51. The molecule has 1 aromatic carbocycles. The number of fused-ring (bicyclic) bond motifs is 2. The van der Waals surface area contributed by atoms with E-state index in [1.807, 2.05) is 29.2 Å².